The lowest BCUT2D eigenvalue weighted by Crippen LogP contribution is -2.48. The number of rotatable bonds is 7. The van der Waals surface area contributed by atoms with Crippen molar-refractivity contribution in [3.05, 3.63) is 0 Å². The van der Waals surface area contributed by atoms with E-state index in [1.165, 1.54) is 25.7 Å². The van der Waals surface area contributed by atoms with Crippen LogP contribution in [0.2, 0.25) is 0 Å². The molecule has 1 aliphatic rings. The average molecular weight is 327 g/mol. The molecule has 4 heteroatoms. The topological polar surface area (TPSA) is 41.6 Å². The van der Waals surface area contributed by atoms with Gasteiger partial charge in [-0.3, -0.25) is 0 Å². The molecule has 1 fully saturated rings. The van der Waals surface area contributed by atoms with E-state index in [9.17, 15) is 4.79 Å². The van der Waals surface area contributed by atoms with Crippen molar-refractivity contribution in [3.8, 4) is 0 Å². The van der Waals surface area contributed by atoms with Crippen molar-refractivity contribution in [1.29, 1.82) is 0 Å². The van der Waals surface area contributed by atoms with Crippen LogP contribution in [0.15, 0.2) is 0 Å². The van der Waals surface area contributed by atoms with Gasteiger partial charge in [-0.15, -0.1) is 0 Å². The second kappa shape index (κ2) is 8.91. The Balaban J connectivity index is 2.31. The van der Waals surface area contributed by atoms with Crippen molar-refractivity contribution in [3.63, 3.8) is 0 Å². The van der Waals surface area contributed by atoms with Gasteiger partial charge in [0.2, 0.25) is 0 Å². The molecule has 0 aromatic rings. The highest BCUT2D eigenvalue weighted by atomic mass is 16.6. The van der Waals surface area contributed by atoms with E-state index < -0.39 is 5.60 Å². The summed E-state index contributed by atoms with van der Waals surface area (Å²) in [5, 5.41) is 3.70. The normalized spacial score (nSPS) is 19.5. The number of unbranched alkanes of at least 4 members (excludes halogenated alkanes) is 2. The Labute approximate surface area is 143 Å². The zero-order chi connectivity index (χ0) is 17.5. The number of carbonyl (C=O) groups excluding carboxylic acids is 1. The summed E-state index contributed by atoms with van der Waals surface area (Å²) in [6, 6.07) is 0.585. The van der Waals surface area contributed by atoms with Crippen LogP contribution in [0.5, 0.6) is 0 Å². The molecular weight excluding hydrogens is 288 g/mol. The van der Waals surface area contributed by atoms with E-state index in [0.29, 0.717) is 6.04 Å². The predicted molar refractivity (Wildman–Crippen MR) is 96.8 cm³/mol. The van der Waals surface area contributed by atoms with Gasteiger partial charge in [0.25, 0.3) is 0 Å². The number of nitrogens with one attached hydrogen (secondary N) is 1. The third-order valence-electron chi connectivity index (χ3n) is 4.74. The molecule has 0 aliphatic carbocycles. The molecule has 1 heterocycles. The first kappa shape index (κ1) is 20.3. The first-order valence-electron chi connectivity index (χ1n) is 9.36. The lowest BCUT2D eigenvalue weighted by Gasteiger charge is -2.40. The molecule has 1 N–H and O–H groups in total. The summed E-state index contributed by atoms with van der Waals surface area (Å²) in [4.78, 5) is 14.0. The summed E-state index contributed by atoms with van der Waals surface area (Å²) < 4.78 is 5.47. The number of amides is 1. The highest BCUT2D eigenvalue weighted by molar-refractivity contribution is 5.68. The van der Waals surface area contributed by atoms with Crippen molar-refractivity contribution in [2.24, 2.45) is 5.41 Å². The minimum atomic E-state index is -0.409. The van der Waals surface area contributed by atoms with E-state index in [4.69, 9.17) is 4.74 Å². The summed E-state index contributed by atoms with van der Waals surface area (Å²) in [6.07, 6.45) is 7.10. The molecule has 0 aromatic carbocycles. The summed E-state index contributed by atoms with van der Waals surface area (Å²) in [6.45, 7) is 15.3. The maximum absolute atomic E-state index is 12.1. The average Bonchev–Trinajstić information content (AvgIpc) is 2.44. The van der Waals surface area contributed by atoms with Gasteiger partial charge in [-0.1, -0.05) is 33.1 Å². The quantitative estimate of drug-likeness (QED) is 0.696. The molecular formula is C19H38N2O2. The molecule has 1 aliphatic heterocycles. The summed E-state index contributed by atoms with van der Waals surface area (Å²) in [5.74, 6) is 0. The van der Waals surface area contributed by atoms with Gasteiger partial charge in [0, 0.05) is 25.7 Å². The van der Waals surface area contributed by atoms with Gasteiger partial charge < -0.3 is 15.0 Å². The van der Waals surface area contributed by atoms with Crippen LogP contribution in [0.4, 0.5) is 4.79 Å². The van der Waals surface area contributed by atoms with Crippen LogP contribution in [-0.4, -0.2) is 42.3 Å². The van der Waals surface area contributed by atoms with E-state index in [2.05, 4.69) is 26.1 Å². The number of hydrogen-bond donors (Lipinski definition) is 1. The molecule has 0 spiro atoms. The van der Waals surface area contributed by atoms with Crippen molar-refractivity contribution in [2.45, 2.75) is 91.7 Å². The Morgan fingerprint density at radius 3 is 2.39 bits per heavy atom. The number of nitrogens with zero attached hydrogens (tertiary/aromatic N) is 1. The monoisotopic (exact) mass is 326 g/mol. The van der Waals surface area contributed by atoms with Crippen molar-refractivity contribution in [1.82, 2.24) is 10.2 Å². The number of carbonyl (C=O) groups is 1. The molecule has 23 heavy (non-hydrogen) atoms. The fraction of sp³-hybridized carbons (Fsp3) is 0.947. The molecule has 1 rings (SSSR count). The minimum Gasteiger partial charge on any atom is -0.444 e. The van der Waals surface area contributed by atoms with Crippen LogP contribution >= 0.6 is 0 Å². The second-order valence-electron chi connectivity index (χ2n) is 8.56. The first-order valence-corrected chi connectivity index (χ1v) is 9.36. The largest absolute Gasteiger partial charge is 0.444 e. The highest BCUT2D eigenvalue weighted by Gasteiger charge is 2.33. The third-order valence-corrected chi connectivity index (χ3v) is 4.74. The van der Waals surface area contributed by atoms with Crippen LogP contribution in [-0.2, 0) is 4.74 Å². The Morgan fingerprint density at radius 2 is 1.87 bits per heavy atom. The number of likely N-dealkylation sites (tertiary alicyclic amines) is 1. The van der Waals surface area contributed by atoms with Gasteiger partial charge in [-0.25, -0.2) is 4.79 Å². The van der Waals surface area contributed by atoms with Crippen LogP contribution < -0.4 is 5.32 Å². The van der Waals surface area contributed by atoms with Gasteiger partial charge in [0.1, 0.15) is 5.60 Å². The van der Waals surface area contributed by atoms with Crippen molar-refractivity contribution in [2.75, 3.05) is 19.6 Å². The maximum atomic E-state index is 12.1. The van der Waals surface area contributed by atoms with Crippen LogP contribution in [0.25, 0.3) is 0 Å². The Morgan fingerprint density at radius 1 is 1.26 bits per heavy atom. The van der Waals surface area contributed by atoms with Crippen LogP contribution in [0.3, 0.4) is 0 Å². The molecule has 0 radical (unpaired) electrons. The van der Waals surface area contributed by atoms with Gasteiger partial charge >= 0.3 is 6.09 Å². The van der Waals surface area contributed by atoms with Gasteiger partial charge in [0.15, 0.2) is 0 Å². The molecule has 0 aromatic heterocycles. The molecule has 1 unspecified atom stereocenters. The fourth-order valence-electron chi connectivity index (χ4n) is 2.96. The minimum absolute atomic E-state index is 0.166. The second-order valence-corrected chi connectivity index (χ2v) is 8.56. The maximum Gasteiger partial charge on any atom is 0.410 e. The van der Waals surface area contributed by atoms with Crippen LogP contribution in [0, 0.1) is 5.41 Å². The molecule has 1 saturated heterocycles. The smallest absolute Gasteiger partial charge is 0.410 e. The highest BCUT2D eigenvalue weighted by Crippen LogP contribution is 2.31. The molecule has 1 amide bonds. The third kappa shape index (κ3) is 8.05. The molecule has 1 atom stereocenters. The zero-order valence-electron chi connectivity index (χ0n) is 16.2. The molecule has 0 bridgehead atoms. The first-order chi connectivity index (χ1) is 10.7. The standard InChI is InChI=1S/C19H38N2O2/c1-7-8-9-10-16(2)20-15-19(6)11-13-21(14-12-19)17(22)23-18(3,4)5/h16,20H,7-15H2,1-6H3. The fourth-order valence-corrected chi connectivity index (χ4v) is 2.96. The van der Waals surface area contributed by atoms with Crippen molar-refractivity contribution >= 4 is 6.09 Å². The van der Waals surface area contributed by atoms with E-state index in [-0.39, 0.29) is 11.5 Å². The van der Waals surface area contributed by atoms with Gasteiger partial charge in [-0.2, -0.15) is 0 Å². The predicted octanol–water partition coefficient (Wildman–Crippen LogP) is 4.58. The lowest BCUT2D eigenvalue weighted by molar-refractivity contribution is 0.0117. The van der Waals surface area contributed by atoms with Gasteiger partial charge in [-0.05, 0) is 52.4 Å². The van der Waals surface area contributed by atoms with Crippen LogP contribution in [0.1, 0.15) is 80.1 Å². The van der Waals surface area contributed by atoms with E-state index in [1.54, 1.807) is 0 Å². The molecule has 0 saturated carbocycles. The van der Waals surface area contributed by atoms with Crippen molar-refractivity contribution < 1.29 is 9.53 Å². The Hall–Kier alpha value is -0.770. The summed E-state index contributed by atoms with van der Waals surface area (Å²) >= 11 is 0. The van der Waals surface area contributed by atoms with E-state index >= 15 is 0 Å². The Kier molecular flexibility index (Phi) is 7.85. The summed E-state index contributed by atoms with van der Waals surface area (Å²) in [7, 11) is 0. The molecule has 4 nitrogen and oxygen atoms in total. The Bertz CT molecular complexity index is 355. The number of ether oxygens (including phenoxy) is 1. The number of hydrogen-bond acceptors (Lipinski definition) is 3. The van der Waals surface area contributed by atoms with Gasteiger partial charge in [0.05, 0.1) is 0 Å². The zero-order valence-corrected chi connectivity index (χ0v) is 16.2. The SMILES string of the molecule is CCCCCC(C)NCC1(C)CCN(C(=O)OC(C)(C)C)CC1. The van der Waals surface area contributed by atoms with E-state index in [1.807, 2.05) is 25.7 Å². The summed E-state index contributed by atoms with van der Waals surface area (Å²) in [5.41, 5.74) is -0.120. The number of piperidine rings is 1. The lowest BCUT2D eigenvalue weighted by atomic mass is 9.80. The molecule has 136 valence electrons. The van der Waals surface area contributed by atoms with E-state index in [0.717, 1.165) is 32.5 Å².